The molecule has 0 aliphatic carbocycles. The van der Waals surface area contributed by atoms with Gasteiger partial charge in [0.2, 0.25) is 5.91 Å². The Morgan fingerprint density at radius 2 is 1.66 bits per heavy atom. The molecular weight excluding hydrogens is 372 g/mol. The van der Waals surface area contributed by atoms with Crippen molar-refractivity contribution in [1.82, 2.24) is 10.2 Å². The second kappa shape index (κ2) is 9.73. The molecule has 0 bridgehead atoms. The molecule has 1 aliphatic heterocycles. The van der Waals surface area contributed by atoms with E-state index in [1.54, 1.807) is 0 Å². The maximum Gasteiger partial charge on any atom is 0.407 e. The first kappa shape index (κ1) is 20.4. The Bertz CT molecular complexity index is 841. The molecule has 2 aromatic rings. The highest BCUT2D eigenvalue weighted by Crippen LogP contribution is 2.36. The van der Waals surface area contributed by atoms with Gasteiger partial charge in [-0.3, -0.25) is 4.79 Å². The maximum atomic E-state index is 12.9. The zero-order valence-corrected chi connectivity index (χ0v) is 16.2. The predicted molar refractivity (Wildman–Crippen MR) is 106 cm³/mol. The third kappa shape index (κ3) is 5.13. The number of hydrogen-bond acceptors (Lipinski definition) is 5. The van der Waals surface area contributed by atoms with E-state index in [0.717, 1.165) is 11.1 Å². The molecule has 1 heterocycles. The van der Waals surface area contributed by atoms with Gasteiger partial charge in [-0.15, -0.1) is 0 Å². The number of rotatable bonds is 6. The molecule has 2 amide bonds. The Hall–Kier alpha value is -3.35. The van der Waals surface area contributed by atoms with Crippen LogP contribution in [0.1, 0.15) is 30.0 Å². The summed E-state index contributed by atoms with van der Waals surface area (Å²) in [6.07, 6.45) is 0.469. The minimum atomic E-state index is -0.688. The second-order valence-electron chi connectivity index (χ2n) is 6.76. The number of carbonyl (C=O) groups excluding carboxylic acids is 3. The van der Waals surface area contributed by atoms with Gasteiger partial charge >= 0.3 is 12.1 Å². The van der Waals surface area contributed by atoms with Crippen LogP contribution in [0.3, 0.4) is 0 Å². The lowest BCUT2D eigenvalue weighted by Crippen LogP contribution is -2.46. The van der Waals surface area contributed by atoms with Crippen molar-refractivity contribution in [2.75, 3.05) is 13.7 Å². The Morgan fingerprint density at radius 3 is 2.31 bits per heavy atom. The third-order valence-corrected chi connectivity index (χ3v) is 4.93. The van der Waals surface area contributed by atoms with Crippen molar-refractivity contribution in [1.29, 1.82) is 0 Å². The van der Waals surface area contributed by atoms with Gasteiger partial charge in [-0.2, -0.15) is 0 Å². The maximum absolute atomic E-state index is 12.9. The number of likely N-dealkylation sites (tertiary alicyclic amines) is 1. The molecular formula is C22H24N2O5. The monoisotopic (exact) mass is 396 g/mol. The van der Waals surface area contributed by atoms with E-state index in [1.807, 2.05) is 60.7 Å². The van der Waals surface area contributed by atoms with Crippen molar-refractivity contribution in [2.45, 2.75) is 31.5 Å². The van der Waals surface area contributed by atoms with Gasteiger partial charge < -0.3 is 19.7 Å². The number of hydrogen-bond donors (Lipinski definition) is 1. The van der Waals surface area contributed by atoms with Crippen LogP contribution in [0.25, 0.3) is 0 Å². The fourth-order valence-electron chi connectivity index (χ4n) is 3.54. The van der Waals surface area contributed by atoms with Crippen LogP contribution < -0.4 is 5.32 Å². The molecule has 2 atom stereocenters. The molecule has 3 rings (SSSR count). The van der Waals surface area contributed by atoms with Crippen LogP contribution in [-0.2, 0) is 25.7 Å². The van der Waals surface area contributed by atoms with Crippen molar-refractivity contribution in [2.24, 2.45) is 0 Å². The van der Waals surface area contributed by atoms with E-state index in [-0.39, 0.29) is 25.1 Å². The summed E-state index contributed by atoms with van der Waals surface area (Å²) < 4.78 is 10.0. The van der Waals surface area contributed by atoms with Gasteiger partial charge in [0.1, 0.15) is 19.2 Å². The van der Waals surface area contributed by atoms with E-state index in [1.165, 1.54) is 12.0 Å². The zero-order valence-electron chi connectivity index (χ0n) is 16.2. The molecule has 0 aromatic heterocycles. The molecule has 0 unspecified atom stereocenters. The number of alkyl carbamates (subject to hydrolysis) is 1. The van der Waals surface area contributed by atoms with E-state index >= 15 is 0 Å². The molecule has 152 valence electrons. The molecule has 7 heteroatoms. The lowest BCUT2D eigenvalue weighted by atomic mass is 10.0. The molecule has 1 aliphatic rings. The summed E-state index contributed by atoms with van der Waals surface area (Å²) >= 11 is 0. The van der Waals surface area contributed by atoms with Gasteiger partial charge in [-0.25, -0.2) is 9.59 Å². The van der Waals surface area contributed by atoms with Crippen LogP contribution in [-0.4, -0.2) is 42.6 Å². The fraction of sp³-hybridized carbons (Fsp3) is 0.318. The average Bonchev–Trinajstić information content (AvgIpc) is 3.22. The molecule has 29 heavy (non-hydrogen) atoms. The van der Waals surface area contributed by atoms with Crippen molar-refractivity contribution in [3.8, 4) is 0 Å². The van der Waals surface area contributed by atoms with Gasteiger partial charge in [-0.05, 0) is 24.0 Å². The van der Waals surface area contributed by atoms with Gasteiger partial charge in [0.05, 0.1) is 13.2 Å². The Balaban J connectivity index is 1.62. The summed E-state index contributed by atoms with van der Waals surface area (Å²) in [6.45, 7) is -0.146. The summed E-state index contributed by atoms with van der Waals surface area (Å²) in [7, 11) is 1.31. The van der Waals surface area contributed by atoms with Gasteiger partial charge in [0.15, 0.2) is 0 Å². The summed E-state index contributed by atoms with van der Waals surface area (Å²) in [4.78, 5) is 38.5. The Labute approximate surface area is 169 Å². The topological polar surface area (TPSA) is 84.9 Å². The zero-order chi connectivity index (χ0) is 20.6. The number of amides is 2. The Morgan fingerprint density at radius 1 is 1.00 bits per heavy atom. The molecule has 0 saturated carbocycles. The average molecular weight is 396 g/mol. The second-order valence-corrected chi connectivity index (χ2v) is 6.76. The molecule has 1 fully saturated rings. The smallest absolute Gasteiger partial charge is 0.407 e. The van der Waals surface area contributed by atoms with Crippen molar-refractivity contribution >= 4 is 18.0 Å². The highest BCUT2D eigenvalue weighted by atomic mass is 16.5. The molecule has 0 radical (unpaired) electrons. The first-order chi connectivity index (χ1) is 14.1. The molecule has 2 aromatic carbocycles. The minimum Gasteiger partial charge on any atom is -0.467 e. The first-order valence-corrected chi connectivity index (χ1v) is 9.48. The fourth-order valence-corrected chi connectivity index (χ4v) is 3.54. The van der Waals surface area contributed by atoms with Crippen LogP contribution in [0, 0.1) is 0 Å². The Kier molecular flexibility index (Phi) is 6.84. The lowest BCUT2D eigenvalue weighted by Gasteiger charge is -2.29. The highest BCUT2D eigenvalue weighted by molar-refractivity contribution is 5.88. The van der Waals surface area contributed by atoms with E-state index in [9.17, 15) is 14.4 Å². The SMILES string of the molecule is COC(=O)[C@@H]1CC[C@H](c2ccccc2)N1C(=O)CNC(=O)OCc1ccccc1. The van der Waals surface area contributed by atoms with Crippen molar-refractivity contribution in [3.63, 3.8) is 0 Å². The largest absolute Gasteiger partial charge is 0.467 e. The van der Waals surface area contributed by atoms with Crippen molar-refractivity contribution in [3.05, 3.63) is 71.8 Å². The third-order valence-electron chi connectivity index (χ3n) is 4.93. The number of nitrogens with zero attached hydrogens (tertiary/aromatic N) is 1. The summed E-state index contributed by atoms with van der Waals surface area (Å²) in [5.74, 6) is -0.813. The van der Waals surface area contributed by atoms with E-state index < -0.39 is 18.1 Å². The number of ether oxygens (including phenoxy) is 2. The standard InChI is InChI=1S/C22H24N2O5/c1-28-21(26)19-13-12-18(17-10-6-3-7-11-17)24(19)20(25)14-23-22(27)29-15-16-8-4-2-5-9-16/h2-11,18-19H,12-15H2,1H3,(H,23,27)/t18-,19+/m1/s1. The molecule has 7 nitrogen and oxygen atoms in total. The van der Waals surface area contributed by atoms with E-state index in [4.69, 9.17) is 9.47 Å². The van der Waals surface area contributed by atoms with Gasteiger partial charge in [0, 0.05) is 0 Å². The van der Waals surface area contributed by atoms with Crippen LogP contribution in [0.2, 0.25) is 0 Å². The first-order valence-electron chi connectivity index (χ1n) is 9.48. The van der Waals surface area contributed by atoms with Crippen LogP contribution in [0.4, 0.5) is 4.79 Å². The summed E-state index contributed by atoms with van der Waals surface area (Å²) in [5.41, 5.74) is 1.79. The molecule has 0 spiro atoms. The van der Waals surface area contributed by atoms with Gasteiger partial charge in [0.25, 0.3) is 0 Å². The van der Waals surface area contributed by atoms with E-state index in [2.05, 4.69) is 5.32 Å². The quantitative estimate of drug-likeness (QED) is 0.759. The van der Waals surface area contributed by atoms with Crippen molar-refractivity contribution < 1.29 is 23.9 Å². The number of esters is 1. The number of nitrogens with one attached hydrogen (secondary N) is 1. The minimum absolute atomic E-state index is 0.113. The summed E-state index contributed by atoms with van der Waals surface area (Å²) in [6, 6.07) is 17.9. The predicted octanol–water partition coefficient (Wildman–Crippen LogP) is 2.82. The van der Waals surface area contributed by atoms with Crippen LogP contribution in [0.5, 0.6) is 0 Å². The highest BCUT2D eigenvalue weighted by Gasteiger charge is 2.42. The molecule has 1 N–H and O–H groups in total. The number of methoxy groups -OCH3 is 1. The van der Waals surface area contributed by atoms with Gasteiger partial charge in [-0.1, -0.05) is 60.7 Å². The molecule has 1 saturated heterocycles. The number of benzene rings is 2. The van der Waals surface area contributed by atoms with Crippen LogP contribution >= 0.6 is 0 Å². The van der Waals surface area contributed by atoms with Crippen LogP contribution in [0.15, 0.2) is 60.7 Å². The summed E-state index contributed by atoms with van der Waals surface area (Å²) in [5, 5.41) is 2.47. The van der Waals surface area contributed by atoms with E-state index in [0.29, 0.717) is 12.8 Å². The number of carbonyl (C=O) groups is 3. The lowest BCUT2D eigenvalue weighted by molar-refractivity contribution is -0.152. The normalized spacial score (nSPS) is 18.2.